The van der Waals surface area contributed by atoms with E-state index in [1.807, 2.05) is 0 Å². The molecule has 0 radical (unpaired) electrons. The molecule has 17 nitrogen and oxygen atoms in total. The Morgan fingerprint density at radius 2 is 1.28 bits per heavy atom. The summed E-state index contributed by atoms with van der Waals surface area (Å²) < 4.78 is 22.7. The van der Waals surface area contributed by atoms with Crippen LogP contribution in [0.25, 0.3) is 22.6 Å². The molecule has 0 saturated carbocycles. The van der Waals surface area contributed by atoms with Crippen LogP contribution in [-0.4, -0.2) is 99.8 Å². The van der Waals surface area contributed by atoms with Crippen molar-refractivity contribution < 1.29 is 88.1 Å². The van der Waals surface area contributed by atoms with Crippen LogP contribution < -0.4 is 38.1 Å². The summed E-state index contributed by atoms with van der Waals surface area (Å²) in [5.41, 5.74) is 1.16. The fourth-order valence-electron chi connectivity index (χ4n) is 4.42. The number of aliphatic carboxylic acids is 4. The molecule has 18 heteroatoms. The number of nitrogens with zero attached hydrogens (tertiary/aromatic N) is 3. The Labute approximate surface area is 278 Å². The molecule has 0 amide bonds. The SMILES string of the molecule is Cc1ccc(N(CC(=O)O)CC(=O)O)c(OCCOc2cc3cc(-c4ncc(C(=O)O)o4)oc3cc2N(CC(=O)O)CC(=O)O)c1.[H-].[Li+]. The van der Waals surface area contributed by atoms with E-state index < -0.39 is 61.8 Å². The molecule has 2 aromatic carbocycles. The Morgan fingerprint density at radius 3 is 1.79 bits per heavy atom. The monoisotopic (exact) mass is 649 g/mol. The van der Waals surface area contributed by atoms with Gasteiger partial charge < -0.3 is 55.1 Å². The van der Waals surface area contributed by atoms with Gasteiger partial charge in [-0.2, -0.15) is 0 Å². The van der Waals surface area contributed by atoms with Crippen molar-refractivity contribution in [2.75, 3.05) is 49.2 Å². The average Bonchev–Trinajstić information content (AvgIpc) is 3.61. The zero-order chi connectivity index (χ0) is 33.5. The van der Waals surface area contributed by atoms with E-state index in [2.05, 4.69) is 4.98 Å². The van der Waals surface area contributed by atoms with Crippen molar-refractivity contribution in [1.82, 2.24) is 4.98 Å². The number of anilines is 2. The molecule has 2 heterocycles. The number of carboxylic acids is 5. The minimum absolute atomic E-state index is 0. The molecule has 0 aliphatic carbocycles. The normalized spacial score (nSPS) is 10.6. The molecular formula is C29H28LiN3O14. The maximum atomic E-state index is 11.6. The third-order valence-electron chi connectivity index (χ3n) is 6.22. The molecule has 2 aromatic heterocycles. The number of benzene rings is 2. The van der Waals surface area contributed by atoms with Gasteiger partial charge >= 0.3 is 48.7 Å². The van der Waals surface area contributed by atoms with Crippen LogP contribution in [0.2, 0.25) is 0 Å². The van der Waals surface area contributed by atoms with E-state index in [9.17, 15) is 44.4 Å². The first-order valence-electron chi connectivity index (χ1n) is 13.3. The molecule has 4 aromatic rings. The summed E-state index contributed by atoms with van der Waals surface area (Å²) in [6.45, 7) is -1.20. The van der Waals surface area contributed by atoms with E-state index >= 15 is 0 Å². The number of carboxylic acid groups (broad SMARTS) is 5. The number of aromatic carboxylic acids is 1. The van der Waals surface area contributed by atoms with Gasteiger partial charge in [0.1, 0.15) is 56.5 Å². The van der Waals surface area contributed by atoms with Crippen LogP contribution in [0.3, 0.4) is 0 Å². The maximum Gasteiger partial charge on any atom is 1.00 e. The molecule has 0 aliphatic rings. The summed E-state index contributed by atoms with van der Waals surface area (Å²) >= 11 is 0. The molecule has 0 fully saturated rings. The van der Waals surface area contributed by atoms with Crippen LogP contribution in [0.15, 0.2) is 51.4 Å². The van der Waals surface area contributed by atoms with Crippen LogP contribution in [0.5, 0.6) is 11.5 Å². The minimum atomic E-state index is -1.35. The molecule has 47 heavy (non-hydrogen) atoms. The number of hydrogen-bond donors (Lipinski definition) is 5. The van der Waals surface area contributed by atoms with E-state index in [0.29, 0.717) is 5.39 Å². The number of fused-ring (bicyclic) bond motifs is 1. The van der Waals surface area contributed by atoms with Crippen LogP contribution in [-0.2, 0) is 19.2 Å². The Balaban J connectivity index is 0.00000400. The fourth-order valence-corrected chi connectivity index (χ4v) is 4.42. The van der Waals surface area contributed by atoms with Crippen molar-refractivity contribution in [2.45, 2.75) is 6.92 Å². The number of oxazole rings is 1. The second-order valence-electron chi connectivity index (χ2n) is 9.76. The smallest absolute Gasteiger partial charge is 1.00 e. The van der Waals surface area contributed by atoms with Gasteiger partial charge in [0.05, 0.1) is 17.6 Å². The number of furan rings is 1. The molecule has 4 rings (SSSR count). The summed E-state index contributed by atoms with van der Waals surface area (Å²) in [6, 6.07) is 9.07. The zero-order valence-corrected chi connectivity index (χ0v) is 25.0. The van der Waals surface area contributed by atoms with E-state index in [-0.39, 0.29) is 73.6 Å². The van der Waals surface area contributed by atoms with Crippen molar-refractivity contribution in [3.05, 3.63) is 53.9 Å². The third-order valence-corrected chi connectivity index (χ3v) is 6.22. The van der Waals surface area contributed by atoms with Crippen molar-refractivity contribution in [2.24, 2.45) is 0 Å². The predicted octanol–water partition coefficient (Wildman–Crippen LogP) is -0.380. The van der Waals surface area contributed by atoms with Crippen LogP contribution in [0.4, 0.5) is 11.4 Å². The van der Waals surface area contributed by atoms with Crippen molar-refractivity contribution >= 4 is 52.2 Å². The summed E-state index contributed by atoms with van der Waals surface area (Å²) in [4.78, 5) is 63.1. The molecule has 0 unspecified atom stereocenters. The molecule has 0 saturated heterocycles. The van der Waals surface area contributed by atoms with Gasteiger partial charge in [0, 0.05) is 11.5 Å². The van der Waals surface area contributed by atoms with Gasteiger partial charge in [0.2, 0.25) is 5.76 Å². The van der Waals surface area contributed by atoms with E-state index in [0.717, 1.165) is 21.6 Å². The molecular weight excluding hydrogens is 621 g/mol. The number of hydrogen-bond acceptors (Lipinski definition) is 12. The number of ether oxygens (including phenoxy) is 2. The molecule has 0 bridgehead atoms. The molecule has 5 N–H and O–H groups in total. The second-order valence-corrected chi connectivity index (χ2v) is 9.76. The Morgan fingerprint density at radius 1 is 0.745 bits per heavy atom. The fraction of sp³-hybridized carbons (Fsp3) is 0.241. The largest absolute Gasteiger partial charge is 1.00 e. The molecule has 0 atom stereocenters. The number of aromatic nitrogens is 1. The Bertz CT molecular complexity index is 1770. The minimum Gasteiger partial charge on any atom is -1.00 e. The van der Waals surface area contributed by atoms with Crippen molar-refractivity contribution in [3.63, 3.8) is 0 Å². The summed E-state index contributed by atoms with van der Waals surface area (Å²) in [5.74, 6) is -6.80. The second kappa shape index (κ2) is 15.6. The molecule has 0 spiro atoms. The van der Waals surface area contributed by atoms with E-state index in [1.54, 1.807) is 19.1 Å². The van der Waals surface area contributed by atoms with Crippen LogP contribution in [0.1, 0.15) is 17.5 Å². The van der Waals surface area contributed by atoms with E-state index in [4.69, 9.17) is 23.4 Å². The van der Waals surface area contributed by atoms with Crippen molar-refractivity contribution in [1.29, 1.82) is 0 Å². The number of rotatable bonds is 17. The zero-order valence-electron chi connectivity index (χ0n) is 26.0. The van der Waals surface area contributed by atoms with Gasteiger partial charge in [-0.05, 0) is 36.8 Å². The summed E-state index contributed by atoms with van der Waals surface area (Å²) in [6.07, 6.45) is 0.995. The Hall–Kier alpha value is -5.66. The van der Waals surface area contributed by atoms with Gasteiger partial charge in [0.25, 0.3) is 5.89 Å². The average molecular weight is 649 g/mol. The van der Waals surface area contributed by atoms with Crippen LogP contribution in [0, 0.1) is 6.92 Å². The molecule has 0 aliphatic heterocycles. The van der Waals surface area contributed by atoms with Gasteiger partial charge in [-0.25, -0.2) is 9.78 Å². The van der Waals surface area contributed by atoms with Gasteiger partial charge in [-0.3, -0.25) is 19.2 Å². The Kier molecular flexibility index (Phi) is 11.9. The van der Waals surface area contributed by atoms with Crippen molar-refractivity contribution in [3.8, 4) is 23.1 Å². The first-order chi connectivity index (χ1) is 21.8. The van der Waals surface area contributed by atoms with Gasteiger partial charge in [-0.15, -0.1) is 0 Å². The summed E-state index contributed by atoms with van der Waals surface area (Å²) in [5, 5.41) is 47.0. The number of carbonyl (C=O) groups is 5. The predicted molar refractivity (Wildman–Crippen MR) is 157 cm³/mol. The standard InChI is InChI=1S/C29H27N3O14.Li.H/c1-15-2-3-17(31(11-24(33)34)12-25(35)36)20(6-15)43-4-5-44-21-7-16-8-22(28-30-10-23(46-28)29(41)42)45-19(16)9-18(21)32(13-26(37)38)14-27(39)40;;/h2-3,6-10H,4-5,11-14H2,1H3,(H,33,34)(H,35,36)(H,37,38)(H,39,40)(H,41,42);;/q;+1;-1. The number of aryl methyl sites for hydroxylation is 1. The first kappa shape index (κ1) is 35.8. The van der Waals surface area contributed by atoms with Gasteiger partial charge in [0.15, 0.2) is 5.76 Å². The quantitative estimate of drug-likeness (QED) is 0.0722. The van der Waals surface area contributed by atoms with Gasteiger partial charge in [-0.1, -0.05) is 6.07 Å². The summed E-state index contributed by atoms with van der Waals surface area (Å²) in [7, 11) is 0. The van der Waals surface area contributed by atoms with E-state index in [1.165, 1.54) is 24.3 Å². The third kappa shape index (κ3) is 9.42. The maximum absolute atomic E-state index is 11.6. The van der Waals surface area contributed by atoms with Crippen LogP contribution >= 0.6 is 0 Å². The molecule has 244 valence electrons. The first-order valence-corrected chi connectivity index (χ1v) is 13.3. The topological polar surface area (TPSA) is 251 Å².